The van der Waals surface area contributed by atoms with Gasteiger partial charge in [-0.05, 0) is 43.2 Å². The lowest BCUT2D eigenvalue weighted by Gasteiger charge is -2.21. The number of aromatic nitrogens is 3. The first-order chi connectivity index (χ1) is 13.9. The Balaban J connectivity index is 1.98. The molecule has 8 nitrogen and oxygen atoms in total. The molecule has 3 rings (SSSR count). The van der Waals surface area contributed by atoms with Gasteiger partial charge in [-0.3, -0.25) is 14.3 Å². The standard InChI is InChI=1S/C21H24N6O2/c1-5-26(3)18-11-16(12-22-20(18)23-13-28)17-10-15(7-6-14(17)2)21(29)25-19-8-9-24-27(19)4/h6-13H,5H2,1-4H3,(H,25,29)(H,22,23,28). The number of nitrogens with one attached hydrogen (secondary N) is 2. The van der Waals surface area contributed by atoms with E-state index in [4.69, 9.17) is 0 Å². The molecule has 0 bridgehead atoms. The Bertz CT molecular complexity index is 1040. The lowest BCUT2D eigenvalue weighted by Crippen LogP contribution is -2.18. The highest BCUT2D eigenvalue weighted by molar-refractivity contribution is 6.04. The van der Waals surface area contributed by atoms with Gasteiger partial charge in [-0.2, -0.15) is 5.10 Å². The van der Waals surface area contributed by atoms with Crippen molar-refractivity contribution in [3.05, 3.63) is 53.9 Å². The summed E-state index contributed by atoms with van der Waals surface area (Å²) in [5.41, 5.74) is 4.13. The topological polar surface area (TPSA) is 92.2 Å². The molecule has 8 heteroatoms. The second-order valence-corrected chi connectivity index (χ2v) is 6.69. The number of hydrogen-bond donors (Lipinski definition) is 2. The summed E-state index contributed by atoms with van der Waals surface area (Å²) in [6, 6.07) is 9.25. The monoisotopic (exact) mass is 392 g/mol. The molecule has 0 spiro atoms. The second-order valence-electron chi connectivity index (χ2n) is 6.69. The van der Waals surface area contributed by atoms with E-state index in [1.807, 2.05) is 44.0 Å². The third-order valence-electron chi connectivity index (χ3n) is 4.82. The van der Waals surface area contributed by atoms with E-state index >= 15 is 0 Å². The average Bonchev–Trinajstić information content (AvgIpc) is 3.12. The SMILES string of the molecule is CCN(C)c1cc(-c2cc(C(=O)Nc3ccnn3C)ccc2C)cnc1NC=O. The molecule has 0 saturated heterocycles. The van der Waals surface area contributed by atoms with Gasteiger partial charge in [0, 0.05) is 44.0 Å². The van der Waals surface area contributed by atoms with Crippen LogP contribution in [0.2, 0.25) is 0 Å². The number of nitrogens with zero attached hydrogens (tertiary/aromatic N) is 4. The van der Waals surface area contributed by atoms with Crippen LogP contribution in [0.25, 0.3) is 11.1 Å². The van der Waals surface area contributed by atoms with E-state index in [0.717, 1.165) is 28.9 Å². The molecule has 0 aliphatic carbocycles. The number of hydrogen-bond acceptors (Lipinski definition) is 5. The number of benzene rings is 1. The van der Waals surface area contributed by atoms with Crippen molar-refractivity contribution >= 4 is 29.6 Å². The van der Waals surface area contributed by atoms with Gasteiger partial charge in [0.05, 0.1) is 11.9 Å². The van der Waals surface area contributed by atoms with Gasteiger partial charge in [-0.25, -0.2) is 4.98 Å². The Hall–Kier alpha value is -3.68. The molecule has 2 amide bonds. The van der Waals surface area contributed by atoms with Crippen LogP contribution in [0.15, 0.2) is 42.7 Å². The third-order valence-corrected chi connectivity index (χ3v) is 4.82. The molecule has 0 aliphatic heterocycles. The number of anilines is 3. The van der Waals surface area contributed by atoms with Crippen molar-refractivity contribution in [1.29, 1.82) is 0 Å². The molecule has 2 aromatic heterocycles. The smallest absolute Gasteiger partial charge is 0.256 e. The van der Waals surface area contributed by atoms with Gasteiger partial charge in [0.2, 0.25) is 6.41 Å². The van der Waals surface area contributed by atoms with Crippen LogP contribution in [0.4, 0.5) is 17.3 Å². The van der Waals surface area contributed by atoms with Crippen molar-refractivity contribution in [1.82, 2.24) is 14.8 Å². The van der Waals surface area contributed by atoms with Crippen LogP contribution in [0, 0.1) is 6.92 Å². The van der Waals surface area contributed by atoms with E-state index in [-0.39, 0.29) is 5.91 Å². The summed E-state index contributed by atoms with van der Waals surface area (Å²) in [5.74, 6) is 0.902. The fourth-order valence-electron chi connectivity index (χ4n) is 2.99. The molecule has 0 unspecified atom stereocenters. The van der Waals surface area contributed by atoms with Gasteiger partial charge in [0.25, 0.3) is 5.91 Å². The van der Waals surface area contributed by atoms with Crippen LogP contribution in [-0.4, -0.2) is 40.7 Å². The van der Waals surface area contributed by atoms with Crippen LogP contribution in [0.1, 0.15) is 22.8 Å². The minimum Gasteiger partial charge on any atom is -0.372 e. The van der Waals surface area contributed by atoms with Crippen molar-refractivity contribution in [2.24, 2.45) is 7.05 Å². The van der Waals surface area contributed by atoms with Crippen molar-refractivity contribution in [2.75, 3.05) is 29.1 Å². The van der Waals surface area contributed by atoms with Crippen molar-refractivity contribution in [3.8, 4) is 11.1 Å². The predicted octanol–water partition coefficient (Wildman–Crippen LogP) is 3.07. The maximum Gasteiger partial charge on any atom is 0.256 e. The van der Waals surface area contributed by atoms with Crippen LogP contribution in [0.3, 0.4) is 0 Å². The number of rotatable bonds is 7. The summed E-state index contributed by atoms with van der Waals surface area (Å²) in [7, 11) is 3.70. The van der Waals surface area contributed by atoms with E-state index in [2.05, 4.69) is 20.7 Å². The fourth-order valence-corrected chi connectivity index (χ4v) is 2.99. The quantitative estimate of drug-likeness (QED) is 0.603. The van der Waals surface area contributed by atoms with Crippen LogP contribution >= 0.6 is 0 Å². The molecule has 1 aromatic carbocycles. The first-order valence-electron chi connectivity index (χ1n) is 9.26. The largest absolute Gasteiger partial charge is 0.372 e. The van der Waals surface area contributed by atoms with Crippen LogP contribution in [0.5, 0.6) is 0 Å². The van der Waals surface area contributed by atoms with E-state index in [1.54, 1.807) is 36.3 Å². The van der Waals surface area contributed by atoms with E-state index in [1.165, 1.54) is 0 Å². The van der Waals surface area contributed by atoms with Crippen molar-refractivity contribution < 1.29 is 9.59 Å². The number of pyridine rings is 1. The minimum absolute atomic E-state index is 0.215. The number of aryl methyl sites for hydroxylation is 2. The summed E-state index contributed by atoms with van der Waals surface area (Å²) in [4.78, 5) is 30.0. The number of amides is 2. The molecule has 0 radical (unpaired) electrons. The normalized spacial score (nSPS) is 10.5. The lowest BCUT2D eigenvalue weighted by atomic mass is 9.98. The van der Waals surface area contributed by atoms with E-state index in [0.29, 0.717) is 23.6 Å². The molecule has 29 heavy (non-hydrogen) atoms. The summed E-state index contributed by atoms with van der Waals surface area (Å²) in [6.45, 7) is 4.76. The zero-order chi connectivity index (χ0) is 21.0. The maximum atomic E-state index is 12.7. The van der Waals surface area contributed by atoms with Crippen molar-refractivity contribution in [2.45, 2.75) is 13.8 Å². The molecule has 2 N–H and O–H groups in total. The molecule has 0 aliphatic rings. The Morgan fingerprint density at radius 3 is 2.72 bits per heavy atom. The molecule has 2 heterocycles. The summed E-state index contributed by atoms with van der Waals surface area (Å²) in [6.07, 6.45) is 3.94. The maximum absolute atomic E-state index is 12.7. The molecular formula is C21H24N6O2. The zero-order valence-electron chi connectivity index (χ0n) is 16.9. The summed E-state index contributed by atoms with van der Waals surface area (Å²) >= 11 is 0. The van der Waals surface area contributed by atoms with Gasteiger partial charge in [0.15, 0.2) is 5.82 Å². The van der Waals surface area contributed by atoms with Gasteiger partial charge in [0.1, 0.15) is 5.82 Å². The predicted molar refractivity (Wildman–Crippen MR) is 114 cm³/mol. The Morgan fingerprint density at radius 2 is 2.07 bits per heavy atom. The molecule has 3 aromatic rings. The highest BCUT2D eigenvalue weighted by Gasteiger charge is 2.14. The van der Waals surface area contributed by atoms with Crippen LogP contribution < -0.4 is 15.5 Å². The number of carbonyl (C=O) groups excluding carboxylic acids is 2. The summed E-state index contributed by atoms with van der Waals surface area (Å²) < 4.78 is 1.60. The third kappa shape index (κ3) is 4.26. The lowest BCUT2D eigenvalue weighted by molar-refractivity contribution is -0.105. The minimum atomic E-state index is -0.215. The zero-order valence-corrected chi connectivity index (χ0v) is 16.9. The van der Waals surface area contributed by atoms with Gasteiger partial charge in [-0.15, -0.1) is 0 Å². The second kappa shape index (κ2) is 8.55. The van der Waals surface area contributed by atoms with Crippen LogP contribution in [-0.2, 0) is 11.8 Å². The van der Waals surface area contributed by atoms with Gasteiger partial charge >= 0.3 is 0 Å². The van der Waals surface area contributed by atoms with Gasteiger partial charge in [-0.1, -0.05) is 6.07 Å². The Kier molecular flexibility index (Phi) is 5.92. The number of carbonyl (C=O) groups is 2. The molecule has 0 fully saturated rings. The Labute approximate surface area is 169 Å². The highest BCUT2D eigenvalue weighted by Crippen LogP contribution is 2.31. The Morgan fingerprint density at radius 1 is 1.28 bits per heavy atom. The molecule has 150 valence electrons. The van der Waals surface area contributed by atoms with E-state index in [9.17, 15) is 9.59 Å². The molecule has 0 atom stereocenters. The first kappa shape index (κ1) is 20.1. The first-order valence-corrected chi connectivity index (χ1v) is 9.26. The summed E-state index contributed by atoms with van der Waals surface area (Å²) in [5, 5.41) is 9.56. The fraction of sp³-hybridized carbons (Fsp3) is 0.238. The molecular weight excluding hydrogens is 368 g/mol. The average molecular weight is 392 g/mol. The molecule has 0 saturated carbocycles. The van der Waals surface area contributed by atoms with Crippen molar-refractivity contribution in [3.63, 3.8) is 0 Å². The van der Waals surface area contributed by atoms with E-state index < -0.39 is 0 Å². The highest BCUT2D eigenvalue weighted by atomic mass is 16.1. The van der Waals surface area contributed by atoms with Gasteiger partial charge < -0.3 is 15.5 Å².